The highest BCUT2D eigenvalue weighted by molar-refractivity contribution is 6.09. The van der Waals surface area contributed by atoms with Gasteiger partial charge in [-0.25, -0.2) is 4.39 Å². The van der Waals surface area contributed by atoms with Crippen LogP contribution in [-0.2, 0) is 0 Å². The monoisotopic (exact) mass is 410 g/mol. The van der Waals surface area contributed by atoms with Crippen molar-refractivity contribution in [3.63, 3.8) is 0 Å². The third-order valence-electron chi connectivity index (χ3n) is 6.71. The summed E-state index contributed by atoms with van der Waals surface area (Å²) in [5.41, 5.74) is 1.56. The largest absolute Gasteiger partial charge is 0.381 e. The molecular formula is C23H27FN4O2. The first kappa shape index (κ1) is 19.3. The number of pyridine rings is 1. The zero-order valence-corrected chi connectivity index (χ0v) is 17.1. The summed E-state index contributed by atoms with van der Waals surface area (Å²) in [6.07, 6.45) is 7.75. The molecule has 3 N–H and O–H groups in total. The van der Waals surface area contributed by atoms with Gasteiger partial charge in [-0.05, 0) is 50.0 Å². The summed E-state index contributed by atoms with van der Waals surface area (Å²) in [6.45, 7) is 2.54. The van der Waals surface area contributed by atoms with Crippen LogP contribution in [0.15, 0.2) is 18.3 Å². The number of anilines is 1. The minimum absolute atomic E-state index is 0.0121. The number of nitrogens with zero attached hydrogens (tertiary/aromatic N) is 1. The molecule has 2 amide bonds. The maximum absolute atomic E-state index is 14.7. The van der Waals surface area contributed by atoms with Crippen LogP contribution in [0.5, 0.6) is 0 Å². The van der Waals surface area contributed by atoms with E-state index in [4.69, 9.17) is 0 Å². The van der Waals surface area contributed by atoms with Crippen molar-refractivity contribution in [1.82, 2.24) is 15.6 Å². The first-order valence-electron chi connectivity index (χ1n) is 11.0. The van der Waals surface area contributed by atoms with Crippen LogP contribution in [0, 0.1) is 17.7 Å². The molecule has 0 atom stereocenters. The zero-order valence-electron chi connectivity index (χ0n) is 17.1. The van der Waals surface area contributed by atoms with Crippen molar-refractivity contribution in [2.75, 3.05) is 11.9 Å². The van der Waals surface area contributed by atoms with Gasteiger partial charge in [0.1, 0.15) is 5.82 Å². The minimum atomic E-state index is -0.600. The van der Waals surface area contributed by atoms with Crippen LogP contribution in [0.2, 0.25) is 0 Å². The maximum atomic E-state index is 14.7. The minimum Gasteiger partial charge on any atom is -0.381 e. The fourth-order valence-electron chi connectivity index (χ4n) is 4.37. The van der Waals surface area contributed by atoms with E-state index < -0.39 is 11.7 Å². The van der Waals surface area contributed by atoms with Gasteiger partial charge in [0, 0.05) is 36.3 Å². The predicted octanol–water partition coefficient (Wildman–Crippen LogP) is 3.62. The Morgan fingerprint density at radius 1 is 1.13 bits per heavy atom. The van der Waals surface area contributed by atoms with E-state index in [0.29, 0.717) is 46.6 Å². The van der Waals surface area contributed by atoms with E-state index >= 15 is 0 Å². The average molecular weight is 410 g/mol. The van der Waals surface area contributed by atoms with Crippen LogP contribution >= 0.6 is 0 Å². The lowest BCUT2D eigenvalue weighted by atomic mass is 9.52. The van der Waals surface area contributed by atoms with E-state index in [1.165, 1.54) is 25.1 Å². The number of fused-ring (bicyclic) bond motifs is 1. The van der Waals surface area contributed by atoms with E-state index in [-0.39, 0.29) is 17.5 Å². The number of carbonyl (C=O) groups is 2. The van der Waals surface area contributed by atoms with Gasteiger partial charge in [-0.1, -0.05) is 13.3 Å². The van der Waals surface area contributed by atoms with Crippen molar-refractivity contribution in [3.05, 3.63) is 35.3 Å². The molecule has 30 heavy (non-hydrogen) atoms. The summed E-state index contributed by atoms with van der Waals surface area (Å²) in [7, 11) is 0. The van der Waals surface area contributed by atoms with E-state index in [2.05, 4.69) is 20.9 Å². The fourth-order valence-corrected chi connectivity index (χ4v) is 4.37. The van der Waals surface area contributed by atoms with E-state index in [1.54, 1.807) is 6.07 Å². The normalized spacial score (nSPS) is 24.0. The molecule has 158 valence electrons. The van der Waals surface area contributed by atoms with Crippen LogP contribution in [-0.4, -0.2) is 35.4 Å². The van der Waals surface area contributed by atoms with Gasteiger partial charge >= 0.3 is 0 Å². The summed E-state index contributed by atoms with van der Waals surface area (Å²) < 4.78 is 14.7. The number of hydrogen-bond acceptors (Lipinski definition) is 4. The van der Waals surface area contributed by atoms with Gasteiger partial charge in [-0.2, -0.15) is 0 Å². The second-order valence-electron chi connectivity index (χ2n) is 8.91. The molecule has 6 nitrogen and oxygen atoms in total. The third kappa shape index (κ3) is 3.40. The fraction of sp³-hybridized carbons (Fsp3) is 0.522. The molecule has 4 aliphatic carbocycles. The lowest BCUT2D eigenvalue weighted by Crippen LogP contribution is -2.59. The smallest absolute Gasteiger partial charge is 0.255 e. The van der Waals surface area contributed by atoms with Crippen LogP contribution < -0.4 is 16.0 Å². The third-order valence-corrected chi connectivity index (χ3v) is 6.71. The van der Waals surface area contributed by atoms with Gasteiger partial charge in [0.2, 0.25) is 0 Å². The van der Waals surface area contributed by atoms with Crippen molar-refractivity contribution < 1.29 is 14.0 Å². The lowest BCUT2D eigenvalue weighted by Gasteiger charge is -2.58. The molecule has 2 bridgehead atoms. The molecule has 6 rings (SSSR count). The number of benzene rings is 1. The molecule has 1 aromatic carbocycles. The highest BCUT2D eigenvalue weighted by Crippen LogP contribution is 2.55. The van der Waals surface area contributed by atoms with Crippen LogP contribution in [0.1, 0.15) is 66.2 Å². The zero-order chi connectivity index (χ0) is 20.8. The number of carbonyl (C=O) groups excluding carboxylic acids is 2. The van der Waals surface area contributed by atoms with Gasteiger partial charge in [0.15, 0.2) is 0 Å². The van der Waals surface area contributed by atoms with E-state index in [9.17, 15) is 14.0 Å². The second-order valence-corrected chi connectivity index (χ2v) is 8.91. The second kappa shape index (κ2) is 7.52. The van der Waals surface area contributed by atoms with Crippen LogP contribution in [0.3, 0.4) is 0 Å². The van der Waals surface area contributed by atoms with Gasteiger partial charge in [-0.3, -0.25) is 14.6 Å². The molecule has 4 aliphatic rings. The van der Waals surface area contributed by atoms with Crippen LogP contribution in [0.4, 0.5) is 10.1 Å². The molecule has 4 fully saturated rings. The molecule has 0 aliphatic heterocycles. The number of unbranched alkanes of at least 4 members (excludes halogenated alkanes) is 1. The molecule has 0 spiro atoms. The molecule has 0 saturated heterocycles. The molecule has 1 aromatic heterocycles. The SMILES string of the molecule is CCCCNC(=O)c1cc2c(NC3C4CC3C4)c(C(=O)NC3CC3)cnc2cc1F. The first-order chi connectivity index (χ1) is 14.5. The Bertz CT molecular complexity index is 1010. The summed E-state index contributed by atoms with van der Waals surface area (Å²) in [5.74, 6) is 0.0649. The molecule has 1 heterocycles. The molecule has 0 radical (unpaired) electrons. The summed E-state index contributed by atoms with van der Waals surface area (Å²) in [4.78, 5) is 29.7. The summed E-state index contributed by atoms with van der Waals surface area (Å²) in [5, 5.41) is 9.96. The van der Waals surface area contributed by atoms with Crippen molar-refractivity contribution in [1.29, 1.82) is 0 Å². The molecular weight excluding hydrogens is 383 g/mol. The number of nitrogens with one attached hydrogen (secondary N) is 3. The molecule has 7 heteroatoms. The van der Waals surface area contributed by atoms with Gasteiger partial charge in [0.25, 0.3) is 11.8 Å². The number of halogens is 1. The quantitative estimate of drug-likeness (QED) is 0.581. The Hall–Kier alpha value is -2.70. The first-order valence-corrected chi connectivity index (χ1v) is 11.0. The Labute approximate surface area is 175 Å². The highest BCUT2D eigenvalue weighted by Gasteiger charge is 2.52. The summed E-state index contributed by atoms with van der Waals surface area (Å²) >= 11 is 0. The van der Waals surface area contributed by atoms with Crippen LogP contribution in [0.25, 0.3) is 10.9 Å². The Balaban J connectivity index is 1.53. The maximum Gasteiger partial charge on any atom is 0.255 e. The molecule has 4 saturated carbocycles. The molecule has 2 aromatic rings. The number of amides is 2. The summed E-state index contributed by atoms with van der Waals surface area (Å²) in [6, 6.07) is 3.40. The lowest BCUT2D eigenvalue weighted by molar-refractivity contribution is -0.00385. The highest BCUT2D eigenvalue weighted by atomic mass is 19.1. The topological polar surface area (TPSA) is 83.1 Å². The van der Waals surface area contributed by atoms with Crippen molar-refractivity contribution >= 4 is 28.4 Å². The van der Waals surface area contributed by atoms with Crippen molar-refractivity contribution in [2.45, 2.75) is 57.5 Å². The Kier molecular flexibility index (Phi) is 4.83. The number of rotatable bonds is 8. The van der Waals surface area contributed by atoms with Gasteiger partial charge in [-0.15, -0.1) is 0 Å². The number of aromatic nitrogens is 1. The van der Waals surface area contributed by atoms with Gasteiger partial charge < -0.3 is 16.0 Å². The predicted molar refractivity (Wildman–Crippen MR) is 113 cm³/mol. The standard InChI is InChI=1S/C23H27FN4O2/c1-2-3-6-25-22(29)15-9-16-19(10-18(15)24)26-11-17(23(30)27-14-4-5-14)21(16)28-20-12-7-13(20)8-12/h9-14,20H,2-8H2,1H3,(H,25,29)(H,26,28)(H,27,30). The van der Waals surface area contributed by atoms with E-state index in [0.717, 1.165) is 25.7 Å². The van der Waals surface area contributed by atoms with E-state index in [1.807, 2.05) is 6.92 Å². The van der Waals surface area contributed by atoms with Gasteiger partial charge in [0.05, 0.1) is 22.3 Å². The molecule has 0 unspecified atom stereocenters. The average Bonchev–Trinajstić information content (AvgIpc) is 3.47. The Morgan fingerprint density at radius 3 is 2.53 bits per heavy atom. The van der Waals surface area contributed by atoms with Crippen molar-refractivity contribution in [3.8, 4) is 0 Å². The van der Waals surface area contributed by atoms with Crippen molar-refractivity contribution in [2.24, 2.45) is 11.8 Å². The number of hydrogen-bond donors (Lipinski definition) is 3. The Morgan fingerprint density at radius 2 is 1.90 bits per heavy atom.